The van der Waals surface area contributed by atoms with Gasteiger partial charge in [-0.2, -0.15) is 11.3 Å². The zero-order valence-electron chi connectivity index (χ0n) is 11.1. The van der Waals surface area contributed by atoms with Gasteiger partial charge in [-0.1, -0.05) is 0 Å². The molecule has 0 spiro atoms. The second-order valence-corrected chi connectivity index (χ2v) is 5.71. The standard InChI is InChI=1S/C13H14N2O3S2/c1-3-18-10(16)6-14-12(17)11-8(2)15-13(20-11)9-4-5-19-7-9/h4-5,7H,3,6H2,1-2H3,(H,14,17). The zero-order chi connectivity index (χ0) is 14.5. The van der Waals surface area contributed by atoms with Gasteiger partial charge in [0.05, 0.1) is 12.3 Å². The lowest BCUT2D eigenvalue weighted by molar-refractivity contribution is -0.141. The number of carbonyl (C=O) groups excluding carboxylic acids is 2. The van der Waals surface area contributed by atoms with Crippen LogP contribution in [0, 0.1) is 6.92 Å². The molecule has 106 valence electrons. The summed E-state index contributed by atoms with van der Waals surface area (Å²) >= 11 is 2.90. The second kappa shape index (κ2) is 6.62. The summed E-state index contributed by atoms with van der Waals surface area (Å²) in [6, 6.07) is 1.96. The second-order valence-electron chi connectivity index (χ2n) is 3.93. The van der Waals surface area contributed by atoms with Gasteiger partial charge in [0.2, 0.25) is 0 Å². The van der Waals surface area contributed by atoms with Gasteiger partial charge < -0.3 is 10.1 Å². The molecule has 0 aliphatic heterocycles. The minimum Gasteiger partial charge on any atom is -0.465 e. The van der Waals surface area contributed by atoms with E-state index in [4.69, 9.17) is 4.74 Å². The van der Waals surface area contributed by atoms with Crippen LogP contribution in [0.2, 0.25) is 0 Å². The summed E-state index contributed by atoms with van der Waals surface area (Å²) in [5, 5.41) is 7.30. The van der Waals surface area contributed by atoms with E-state index in [0.29, 0.717) is 17.2 Å². The molecule has 0 atom stereocenters. The van der Waals surface area contributed by atoms with Crippen LogP contribution in [0.15, 0.2) is 16.8 Å². The number of hydrogen-bond acceptors (Lipinski definition) is 6. The highest BCUT2D eigenvalue weighted by atomic mass is 32.1. The van der Waals surface area contributed by atoms with Gasteiger partial charge in [0.25, 0.3) is 5.91 Å². The largest absolute Gasteiger partial charge is 0.465 e. The van der Waals surface area contributed by atoms with Gasteiger partial charge in [-0.05, 0) is 25.3 Å². The number of rotatable bonds is 5. The molecule has 2 rings (SSSR count). The lowest BCUT2D eigenvalue weighted by atomic mass is 10.3. The summed E-state index contributed by atoms with van der Waals surface area (Å²) in [6.07, 6.45) is 0. The Morgan fingerprint density at radius 1 is 1.45 bits per heavy atom. The number of thiophene rings is 1. The first-order valence-electron chi connectivity index (χ1n) is 6.05. The molecule has 0 fully saturated rings. The molecule has 2 aromatic rings. The van der Waals surface area contributed by atoms with Gasteiger partial charge in [-0.15, -0.1) is 11.3 Å². The number of amides is 1. The Morgan fingerprint density at radius 2 is 2.25 bits per heavy atom. The van der Waals surface area contributed by atoms with Crippen molar-refractivity contribution in [3.8, 4) is 10.6 Å². The number of esters is 1. The van der Waals surface area contributed by atoms with E-state index in [-0.39, 0.29) is 12.5 Å². The van der Waals surface area contributed by atoms with E-state index in [9.17, 15) is 9.59 Å². The van der Waals surface area contributed by atoms with E-state index in [2.05, 4.69) is 10.3 Å². The number of aryl methyl sites for hydroxylation is 1. The van der Waals surface area contributed by atoms with E-state index in [1.807, 2.05) is 16.8 Å². The van der Waals surface area contributed by atoms with E-state index in [1.54, 1.807) is 25.2 Å². The Hall–Kier alpha value is -1.73. The third kappa shape index (κ3) is 3.43. The zero-order valence-corrected chi connectivity index (χ0v) is 12.8. The predicted octanol–water partition coefficient (Wildman–Crippen LogP) is 2.47. The fourth-order valence-electron chi connectivity index (χ4n) is 1.56. The van der Waals surface area contributed by atoms with Crippen LogP contribution in [-0.2, 0) is 9.53 Å². The fourth-order valence-corrected chi connectivity index (χ4v) is 3.26. The van der Waals surface area contributed by atoms with Crippen LogP contribution in [0.4, 0.5) is 0 Å². The summed E-state index contributed by atoms with van der Waals surface area (Å²) in [7, 11) is 0. The Bertz CT molecular complexity index is 605. The van der Waals surface area contributed by atoms with Crippen molar-refractivity contribution in [2.45, 2.75) is 13.8 Å². The predicted molar refractivity (Wildman–Crippen MR) is 79.1 cm³/mol. The van der Waals surface area contributed by atoms with Gasteiger partial charge in [-0.3, -0.25) is 9.59 Å². The maximum absolute atomic E-state index is 12.0. The van der Waals surface area contributed by atoms with Crippen molar-refractivity contribution in [2.24, 2.45) is 0 Å². The first-order chi connectivity index (χ1) is 9.61. The molecule has 1 N–H and O–H groups in total. The van der Waals surface area contributed by atoms with Crippen molar-refractivity contribution in [1.82, 2.24) is 10.3 Å². The molecule has 0 aliphatic carbocycles. The highest BCUT2D eigenvalue weighted by Crippen LogP contribution is 2.29. The van der Waals surface area contributed by atoms with E-state index in [0.717, 1.165) is 10.6 Å². The summed E-state index contributed by atoms with van der Waals surface area (Å²) in [5.74, 6) is -0.740. The van der Waals surface area contributed by atoms with Crippen molar-refractivity contribution in [2.75, 3.05) is 13.2 Å². The number of aromatic nitrogens is 1. The maximum atomic E-state index is 12.0. The third-order valence-corrected chi connectivity index (χ3v) is 4.36. The number of carbonyl (C=O) groups is 2. The Kier molecular flexibility index (Phi) is 4.86. The van der Waals surface area contributed by atoms with Gasteiger partial charge in [0, 0.05) is 10.9 Å². The molecular formula is C13H14N2O3S2. The first-order valence-corrected chi connectivity index (χ1v) is 7.81. The minimum absolute atomic E-state index is 0.127. The molecule has 0 aliphatic rings. The van der Waals surface area contributed by atoms with E-state index in [1.165, 1.54) is 11.3 Å². The van der Waals surface area contributed by atoms with Crippen molar-refractivity contribution in [1.29, 1.82) is 0 Å². The molecule has 1 amide bonds. The first kappa shape index (κ1) is 14.7. The molecule has 0 aromatic carbocycles. The number of thiazole rings is 1. The topological polar surface area (TPSA) is 68.3 Å². The number of nitrogens with zero attached hydrogens (tertiary/aromatic N) is 1. The summed E-state index contributed by atoms with van der Waals surface area (Å²) in [4.78, 5) is 28.1. The summed E-state index contributed by atoms with van der Waals surface area (Å²) in [6.45, 7) is 3.68. The highest BCUT2D eigenvalue weighted by molar-refractivity contribution is 7.17. The van der Waals surface area contributed by atoms with Gasteiger partial charge in [-0.25, -0.2) is 4.98 Å². The third-order valence-electron chi connectivity index (χ3n) is 2.47. The normalized spacial score (nSPS) is 10.3. The van der Waals surface area contributed by atoms with Crippen molar-refractivity contribution >= 4 is 34.6 Å². The lowest BCUT2D eigenvalue weighted by Gasteiger charge is -2.03. The number of ether oxygens (including phenoxy) is 1. The Labute approximate surface area is 124 Å². The van der Waals surface area contributed by atoms with Crippen molar-refractivity contribution in [3.63, 3.8) is 0 Å². The molecule has 0 radical (unpaired) electrons. The van der Waals surface area contributed by atoms with Gasteiger partial charge in [0.1, 0.15) is 16.4 Å². The molecular weight excluding hydrogens is 296 g/mol. The quantitative estimate of drug-likeness (QED) is 0.861. The molecule has 2 heterocycles. The molecule has 7 heteroatoms. The smallest absolute Gasteiger partial charge is 0.325 e. The van der Waals surface area contributed by atoms with E-state index < -0.39 is 5.97 Å². The summed E-state index contributed by atoms with van der Waals surface area (Å²) < 4.78 is 4.76. The van der Waals surface area contributed by atoms with Gasteiger partial charge in [0.15, 0.2) is 0 Å². The van der Waals surface area contributed by atoms with Crippen molar-refractivity contribution in [3.05, 3.63) is 27.4 Å². The van der Waals surface area contributed by atoms with Crippen LogP contribution in [-0.4, -0.2) is 30.0 Å². The summed E-state index contributed by atoms with van der Waals surface area (Å²) in [5.41, 5.74) is 1.67. The van der Waals surface area contributed by atoms with Crippen LogP contribution < -0.4 is 5.32 Å². The fraction of sp³-hybridized carbons (Fsp3) is 0.308. The number of nitrogens with one attached hydrogen (secondary N) is 1. The Balaban J connectivity index is 2.05. The van der Waals surface area contributed by atoms with E-state index >= 15 is 0 Å². The molecule has 0 saturated heterocycles. The molecule has 0 saturated carbocycles. The van der Waals surface area contributed by atoms with Crippen LogP contribution in [0.25, 0.3) is 10.6 Å². The average molecular weight is 310 g/mol. The Morgan fingerprint density at radius 3 is 2.90 bits per heavy atom. The van der Waals surface area contributed by atoms with Crippen LogP contribution in [0.3, 0.4) is 0 Å². The van der Waals surface area contributed by atoms with Gasteiger partial charge >= 0.3 is 5.97 Å². The SMILES string of the molecule is CCOC(=O)CNC(=O)c1sc(-c2ccsc2)nc1C. The molecule has 20 heavy (non-hydrogen) atoms. The highest BCUT2D eigenvalue weighted by Gasteiger charge is 2.17. The maximum Gasteiger partial charge on any atom is 0.325 e. The molecule has 0 bridgehead atoms. The van der Waals surface area contributed by atoms with Crippen LogP contribution in [0.5, 0.6) is 0 Å². The lowest BCUT2D eigenvalue weighted by Crippen LogP contribution is -2.30. The monoisotopic (exact) mass is 310 g/mol. The van der Waals surface area contributed by atoms with Crippen LogP contribution >= 0.6 is 22.7 Å². The molecule has 0 unspecified atom stereocenters. The minimum atomic E-state index is -0.443. The average Bonchev–Trinajstić information content (AvgIpc) is 3.05. The van der Waals surface area contributed by atoms with Crippen molar-refractivity contribution < 1.29 is 14.3 Å². The molecule has 2 aromatic heterocycles. The molecule has 5 nitrogen and oxygen atoms in total. The van der Waals surface area contributed by atoms with Crippen LogP contribution in [0.1, 0.15) is 22.3 Å². The number of hydrogen-bond donors (Lipinski definition) is 1.